The largest absolute Gasteiger partial charge is 0.361 e. The van der Waals surface area contributed by atoms with E-state index >= 15 is 0 Å². The van der Waals surface area contributed by atoms with E-state index < -0.39 is 6.04 Å². The van der Waals surface area contributed by atoms with Crippen molar-refractivity contribution in [2.24, 2.45) is 0 Å². The zero-order chi connectivity index (χ0) is 19.7. The zero-order valence-corrected chi connectivity index (χ0v) is 16.3. The molecule has 1 N–H and O–H groups in total. The third kappa shape index (κ3) is 3.28. The first-order valence-electron chi connectivity index (χ1n) is 9.68. The van der Waals surface area contributed by atoms with Crippen molar-refractivity contribution in [3.8, 4) is 0 Å². The molecule has 1 unspecified atom stereocenters. The number of aromatic amines is 1. The average molecular weight is 379 g/mol. The third-order valence-corrected chi connectivity index (χ3v) is 5.51. The van der Waals surface area contributed by atoms with Crippen LogP contribution in [-0.2, 0) is 29.2 Å². The lowest BCUT2D eigenvalue weighted by Gasteiger charge is -2.28. The summed E-state index contributed by atoms with van der Waals surface area (Å²) in [6.45, 7) is 3.72. The summed E-state index contributed by atoms with van der Waals surface area (Å²) in [6.07, 6.45) is 4.66. The summed E-state index contributed by atoms with van der Waals surface area (Å²) in [4.78, 5) is 32.3. The van der Waals surface area contributed by atoms with Gasteiger partial charge in [-0.15, -0.1) is 0 Å². The van der Waals surface area contributed by atoms with Crippen molar-refractivity contribution in [1.82, 2.24) is 24.6 Å². The zero-order valence-electron chi connectivity index (χ0n) is 16.3. The number of nitrogens with zero attached hydrogens (tertiary/aromatic N) is 4. The van der Waals surface area contributed by atoms with Crippen molar-refractivity contribution in [3.63, 3.8) is 0 Å². The van der Waals surface area contributed by atoms with Crippen molar-refractivity contribution in [1.29, 1.82) is 0 Å². The molecular weight excluding hydrogens is 354 g/mol. The molecule has 7 heteroatoms. The Bertz CT molecular complexity index is 1010. The molecule has 1 atom stereocenters. The molecule has 1 saturated heterocycles. The van der Waals surface area contributed by atoms with E-state index in [0.29, 0.717) is 25.9 Å². The van der Waals surface area contributed by atoms with Crippen molar-refractivity contribution >= 4 is 22.7 Å². The summed E-state index contributed by atoms with van der Waals surface area (Å²) in [5, 5.41) is 5.35. The maximum atomic E-state index is 13.1. The quantitative estimate of drug-likeness (QED) is 0.715. The van der Waals surface area contributed by atoms with Gasteiger partial charge >= 0.3 is 0 Å². The second-order valence-electron chi connectivity index (χ2n) is 7.27. The molecular formula is C21H25N5O2. The molecule has 1 aromatic carbocycles. The summed E-state index contributed by atoms with van der Waals surface area (Å²) in [5.41, 5.74) is 3.07. The summed E-state index contributed by atoms with van der Waals surface area (Å²) in [6, 6.07) is 9.53. The predicted octanol–water partition coefficient (Wildman–Crippen LogP) is 2.53. The van der Waals surface area contributed by atoms with E-state index in [1.807, 2.05) is 48.1 Å². The van der Waals surface area contributed by atoms with Gasteiger partial charge in [0.25, 0.3) is 0 Å². The lowest BCUT2D eigenvalue weighted by atomic mass is 10.1. The van der Waals surface area contributed by atoms with Crippen LogP contribution in [0.25, 0.3) is 10.9 Å². The van der Waals surface area contributed by atoms with Crippen molar-refractivity contribution in [2.75, 3.05) is 7.05 Å². The number of H-pyrrole nitrogens is 1. The van der Waals surface area contributed by atoms with Crippen LogP contribution in [0.4, 0.5) is 0 Å². The number of hydrogen-bond donors (Lipinski definition) is 1. The van der Waals surface area contributed by atoms with Gasteiger partial charge in [-0.25, -0.2) is 0 Å². The number of aryl methyl sites for hydroxylation is 1. The normalized spacial score (nSPS) is 16.9. The van der Waals surface area contributed by atoms with Gasteiger partial charge in [0.2, 0.25) is 11.8 Å². The Morgan fingerprint density at radius 2 is 2.14 bits per heavy atom. The van der Waals surface area contributed by atoms with Crippen LogP contribution < -0.4 is 0 Å². The number of para-hydroxylation sites is 1. The summed E-state index contributed by atoms with van der Waals surface area (Å²) >= 11 is 0. The van der Waals surface area contributed by atoms with Gasteiger partial charge in [-0.2, -0.15) is 5.10 Å². The molecule has 2 amide bonds. The van der Waals surface area contributed by atoms with Crippen LogP contribution in [0.2, 0.25) is 0 Å². The molecule has 28 heavy (non-hydrogen) atoms. The fourth-order valence-corrected chi connectivity index (χ4v) is 3.99. The number of rotatable bonds is 6. The number of fused-ring (bicyclic) bond motifs is 1. The number of likely N-dealkylation sites (N-methyl/N-ethyl adjacent to an activating group) is 1. The van der Waals surface area contributed by atoms with Crippen LogP contribution in [-0.4, -0.2) is 49.5 Å². The monoisotopic (exact) mass is 379 g/mol. The number of aromatic nitrogens is 3. The van der Waals surface area contributed by atoms with Crippen molar-refractivity contribution in [3.05, 3.63) is 54.0 Å². The van der Waals surface area contributed by atoms with Gasteiger partial charge in [-0.1, -0.05) is 18.2 Å². The Morgan fingerprint density at radius 1 is 1.32 bits per heavy atom. The molecule has 3 heterocycles. The minimum Gasteiger partial charge on any atom is -0.361 e. The summed E-state index contributed by atoms with van der Waals surface area (Å²) in [7, 11) is 1.79. The maximum Gasteiger partial charge on any atom is 0.245 e. The maximum absolute atomic E-state index is 13.1. The number of benzene rings is 1. The number of likely N-dealkylation sites (tertiary alicyclic amines) is 1. The highest BCUT2D eigenvalue weighted by atomic mass is 16.2. The summed E-state index contributed by atoms with van der Waals surface area (Å²) < 4.78 is 1.88. The van der Waals surface area contributed by atoms with E-state index in [1.165, 1.54) is 0 Å². The van der Waals surface area contributed by atoms with E-state index in [9.17, 15) is 9.59 Å². The van der Waals surface area contributed by atoms with Crippen molar-refractivity contribution < 1.29 is 9.59 Å². The number of nitrogens with one attached hydrogen (secondary N) is 1. The van der Waals surface area contributed by atoms with Crippen LogP contribution in [0.5, 0.6) is 0 Å². The van der Waals surface area contributed by atoms with E-state index in [1.54, 1.807) is 23.0 Å². The van der Waals surface area contributed by atoms with Crippen LogP contribution in [0.3, 0.4) is 0 Å². The van der Waals surface area contributed by atoms with Gasteiger partial charge in [0.15, 0.2) is 0 Å². The molecule has 1 aliphatic rings. The number of hydrogen-bond acceptors (Lipinski definition) is 3. The molecule has 0 spiro atoms. The SMILES string of the molecule is CCn1nccc1CN(C)C(=O)C1CCC(=O)N1Cc1c[nH]c2ccccc12. The predicted molar refractivity (Wildman–Crippen MR) is 106 cm³/mol. The van der Waals surface area contributed by atoms with Gasteiger partial charge in [-0.05, 0) is 31.0 Å². The second-order valence-corrected chi connectivity index (χ2v) is 7.27. The molecule has 0 bridgehead atoms. The van der Waals surface area contributed by atoms with Gasteiger partial charge in [0.1, 0.15) is 6.04 Å². The molecule has 7 nitrogen and oxygen atoms in total. The molecule has 2 aromatic heterocycles. The van der Waals surface area contributed by atoms with Gasteiger partial charge in [-0.3, -0.25) is 14.3 Å². The number of amides is 2. The fourth-order valence-electron chi connectivity index (χ4n) is 3.99. The van der Waals surface area contributed by atoms with Gasteiger partial charge in [0.05, 0.1) is 12.2 Å². The Morgan fingerprint density at radius 3 is 2.96 bits per heavy atom. The molecule has 4 rings (SSSR count). The van der Waals surface area contributed by atoms with Crippen molar-refractivity contribution in [2.45, 2.75) is 45.4 Å². The lowest BCUT2D eigenvalue weighted by Crippen LogP contribution is -2.45. The number of carbonyl (C=O) groups excluding carboxylic acids is 2. The third-order valence-electron chi connectivity index (χ3n) is 5.51. The minimum atomic E-state index is -0.413. The Hall–Kier alpha value is -3.09. The fraction of sp³-hybridized carbons (Fsp3) is 0.381. The topological polar surface area (TPSA) is 74.2 Å². The van der Waals surface area contributed by atoms with Gasteiger partial charge < -0.3 is 14.8 Å². The highest BCUT2D eigenvalue weighted by molar-refractivity contribution is 5.91. The standard InChI is InChI=1S/C21H25N5O2/c1-3-26-16(10-11-23-26)14-24(2)21(28)19-8-9-20(27)25(19)13-15-12-22-18-7-5-4-6-17(15)18/h4-7,10-12,19,22H,3,8-9,13-14H2,1-2H3. The van der Waals surface area contributed by atoms with E-state index in [4.69, 9.17) is 0 Å². The first kappa shape index (κ1) is 18.3. The first-order valence-corrected chi connectivity index (χ1v) is 9.68. The number of carbonyl (C=O) groups is 2. The van der Waals surface area contributed by atoms with Crippen LogP contribution in [0, 0.1) is 0 Å². The van der Waals surface area contributed by atoms with E-state index in [2.05, 4.69) is 10.1 Å². The second kappa shape index (κ2) is 7.50. The lowest BCUT2D eigenvalue weighted by molar-refractivity contribution is -0.141. The molecule has 0 saturated carbocycles. The minimum absolute atomic E-state index is 0.0189. The molecule has 1 aliphatic heterocycles. The summed E-state index contributed by atoms with van der Waals surface area (Å²) in [5.74, 6) is 0.0187. The highest BCUT2D eigenvalue weighted by Crippen LogP contribution is 2.26. The Labute approximate surface area is 163 Å². The Kier molecular flexibility index (Phi) is 4.90. The first-order chi connectivity index (χ1) is 13.6. The molecule has 146 valence electrons. The highest BCUT2D eigenvalue weighted by Gasteiger charge is 2.37. The molecule has 0 aliphatic carbocycles. The van der Waals surface area contributed by atoms with Crippen LogP contribution >= 0.6 is 0 Å². The molecule has 1 fully saturated rings. The van der Waals surface area contributed by atoms with Gasteiger partial charge in [0, 0.05) is 49.9 Å². The molecule has 3 aromatic rings. The average Bonchev–Trinajstić information content (AvgIpc) is 3.41. The molecule has 0 radical (unpaired) electrons. The van der Waals surface area contributed by atoms with Crippen LogP contribution in [0.15, 0.2) is 42.7 Å². The smallest absolute Gasteiger partial charge is 0.245 e. The van der Waals surface area contributed by atoms with E-state index in [-0.39, 0.29) is 11.8 Å². The Balaban J connectivity index is 1.51. The van der Waals surface area contributed by atoms with E-state index in [0.717, 1.165) is 28.7 Å². The van der Waals surface area contributed by atoms with Crippen LogP contribution in [0.1, 0.15) is 31.0 Å².